The first-order valence-electron chi connectivity index (χ1n) is 14.3. The van der Waals surface area contributed by atoms with Crippen LogP contribution in [0, 0.1) is 0 Å². The molecule has 0 spiro atoms. The van der Waals surface area contributed by atoms with Gasteiger partial charge in [-0.2, -0.15) is 0 Å². The van der Waals surface area contributed by atoms with Crippen molar-refractivity contribution in [3.8, 4) is 33.8 Å². The zero-order chi connectivity index (χ0) is 29.6. The van der Waals surface area contributed by atoms with Crippen molar-refractivity contribution in [2.24, 2.45) is 0 Å². The van der Waals surface area contributed by atoms with E-state index in [0.29, 0.717) is 17.1 Å². The molecule has 1 saturated heterocycles. The van der Waals surface area contributed by atoms with E-state index < -0.39 is 5.97 Å². The molecule has 0 unspecified atom stereocenters. The molecule has 0 aliphatic carbocycles. The molecular weight excluding hydrogens is 558 g/mol. The number of halogens is 1. The Hall–Kier alpha value is -4.65. The van der Waals surface area contributed by atoms with Crippen LogP contribution < -0.4 is 9.64 Å². The van der Waals surface area contributed by atoms with Crippen LogP contribution in [-0.2, 0) is 11.3 Å². The number of aromatic nitrogens is 1. The zero-order valence-corrected chi connectivity index (χ0v) is 24.7. The number of benzene rings is 4. The summed E-state index contributed by atoms with van der Waals surface area (Å²) in [6, 6.07) is 34.0. The van der Waals surface area contributed by atoms with Crippen molar-refractivity contribution >= 4 is 23.3 Å². The molecule has 1 fully saturated rings. The minimum absolute atomic E-state index is 0.391. The lowest BCUT2D eigenvalue weighted by atomic mass is 9.99. The van der Waals surface area contributed by atoms with Crippen LogP contribution in [0.25, 0.3) is 22.3 Å². The summed E-state index contributed by atoms with van der Waals surface area (Å²) in [5.74, 6) is 0.684. The van der Waals surface area contributed by atoms with Gasteiger partial charge in [0.25, 0.3) is 0 Å². The average molecular weight is 590 g/mol. The molecule has 5 aromatic rings. The van der Waals surface area contributed by atoms with Gasteiger partial charge in [-0.3, -0.25) is 9.88 Å². The maximum absolute atomic E-state index is 12.6. The van der Waals surface area contributed by atoms with Gasteiger partial charge in [0.05, 0.1) is 7.11 Å². The summed E-state index contributed by atoms with van der Waals surface area (Å²) in [5, 5.41) is 0.740. The maximum atomic E-state index is 12.6. The van der Waals surface area contributed by atoms with Crippen molar-refractivity contribution in [3.63, 3.8) is 0 Å². The lowest BCUT2D eigenvalue weighted by molar-refractivity contribution is 0.0598. The zero-order valence-electron chi connectivity index (χ0n) is 23.9. The Morgan fingerprint density at radius 1 is 0.791 bits per heavy atom. The number of rotatable bonds is 8. The van der Waals surface area contributed by atoms with E-state index in [2.05, 4.69) is 51.2 Å². The molecule has 0 saturated carbocycles. The van der Waals surface area contributed by atoms with Gasteiger partial charge < -0.3 is 14.4 Å². The topological polar surface area (TPSA) is 54.9 Å². The van der Waals surface area contributed by atoms with Crippen molar-refractivity contribution < 1.29 is 14.3 Å². The van der Waals surface area contributed by atoms with Crippen LogP contribution in [0.15, 0.2) is 116 Å². The van der Waals surface area contributed by atoms with Gasteiger partial charge in [-0.1, -0.05) is 60.1 Å². The number of hydrogen-bond donors (Lipinski definition) is 0. The maximum Gasteiger partial charge on any atom is 0.341 e. The van der Waals surface area contributed by atoms with Gasteiger partial charge in [-0.05, 0) is 76.3 Å². The number of ether oxygens (including phenoxy) is 2. The van der Waals surface area contributed by atoms with Crippen molar-refractivity contribution in [1.29, 1.82) is 0 Å². The molecular formula is C36H32ClN3O3. The second-order valence-electron chi connectivity index (χ2n) is 10.5. The van der Waals surface area contributed by atoms with Gasteiger partial charge in [0.1, 0.15) is 17.1 Å². The summed E-state index contributed by atoms with van der Waals surface area (Å²) in [6.45, 7) is 4.43. The molecule has 7 heteroatoms. The number of carbonyl (C=O) groups excluding carboxylic acids is 1. The van der Waals surface area contributed by atoms with Gasteiger partial charge in [-0.25, -0.2) is 4.79 Å². The van der Waals surface area contributed by atoms with Crippen LogP contribution in [-0.4, -0.2) is 49.1 Å². The van der Waals surface area contributed by atoms with Gasteiger partial charge >= 0.3 is 5.97 Å². The summed E-state index contributed by atoms with van der Waals surface area (Å²) in [6.07, 6.45) is 3.54. The lowest BCUT2D eigenvalue weighted by Crippen LogP contribution is -2.46. The summed E-state index contributed by atoms with van der Waals surface area (Å²) < 4.78 is 11.3. The molecule has 2 heterocycles. The Morgan fingerprint density at radius 2 is 1.47 bits per heavy atom. The molecule has 6 nitrogen and oxygen atoms in total. The van der Waals surface area contributed by atoms with Crippen molar-refractivity contribution in [1.82, 2.24) is 9.88 Å². The number of carbonyl (C=O) groups is 1. The highest BCUT2D eigenvalue weighted by Gasteiger charge is 2.21. The summed E-state index contributed by atoms with van der Waals surface area (Å²) in [4.78, 5) is 21.5. The predicted molar refractivity (Wildman–Crippen MR) is 172 cm³/mol. The molecule has 0 bridgehead atoms. The quantitative estimate of drug-likeness (QED) is 0.171. The van der Waals surface area contributed by atoms with Crippen LogP contribution >= 0.6 is 11.6 Å². The second kappa shape index (κ2) is 13.1. The van der Waals surface area contributed by atoms with Crippen molar-refractivity contribution in [3.05, 3.63) is 132 Å². The molecule has 0 radical (unpaired) electrons. The molecule has 216 valence electrons. The molecule has 1 aromatic heterocycles. The SMILES string of the molecule is COC(=O)c1ccc(N2CCN(Cc3ccccc3-c3ccc(Cl)cc3)CC2)cc1Oc1ccc(-c2ccncc2)cc1. The van der Waals surface area contributed by atoms with E-state index in [1.807, 2.05) is 60.7 Å². The average Bonchev–Trinajstić information content (AvgIpc) is 3.06. The fraction of sp³-hybridized carbons (Fsp3) is 0.167. The lowest BCUT2D eigenvalue weighted by Gasteiger charge is -2.36. The summed E-state index contributed by atoms with van der Waals surface area (Å²) in [5.41, 5.74) is 7.24. The van der Waals surface area contributed by atoms with Gasteiger partial charge in [0, 0.05) is 61.9 Å². The molecule has 43 heavy (non-hydrogen) atoms. The number of esters is 1. The predicted octanol–water partition coefficient (Wildman–Crippen LogP) is 7.97. The van der Waals surface area contributed by atoms with E-state index in [1.165, 1.54) is 23.8 Å². The number of anilines is 1. The van der Waals surface area contributed by atoms with E-state index in [0.717, 1.165) is 54.6 Å². The normalized spacial score (nSPS) is 13.5. The smallest absolute Gasteiger partial charge is 0.341 e. The Balaban J connectivity index is 1.15. The van der Waals surface area contributed by atoms with E-state index in [4.69, 9.17) is 21.1 Å². The van der Waals surface area contributed by atoms with Crippen LogP contribution in [0.4, 0.5) is 5.69 Å². The molecule has 0 amide bonds. The van der Waals surface area contributed by atoms with Crippen LogP contribution in [0.5, 0.6) is 11.5 Å². The molecule has 0 N–H and O–H groups in total. The third-order valence-corrected chi connectivity index (χ3v) is 8.02. The standard InChI is InChI=1S/C36H32ClN3O3/c1-42-36(41)34-15-12-31(24-35(34)43-32-13-8-26(9-14-32)27-16-18-38-19-17-27)40-22-20-39(21-23-40)25-29-4-2-3-5-33(29)28-6-10-30(37)11-7-28/h2-19,24H,20-23,25H2,1H3. The van der Waals surface area contributed by atoms with Crippen molar-refractivity contribution in [2.75, 3.05) is 38.2 Å². The number of piperazine rings is 1. The highest BCUT2D eigenvalue weighted by Crippen LogP contribution is 2.33. The number of methoxy groups -OCH3 is 1. The van der Waals surface area contributed by atoms with E-state index in [9.17, 15) is 4.79 Å². The first-order valence-corrected chi connectivity index (χ1v) is 14.7. The first kappa shape index (κ1) is 28.5. The molecule has 1 aliphatic heterocycles. The van der Waals surface area contributed by atoms with Gasteiger partial charge in [-0.15, -0.1) is 0 Å². The fourth-order valence-corrected chi connectivity index (χ4v) is 5.56. The highest BCUT2D eigenvalue weighted by atomic mass is 35.5. The summed E-state index contributed by atoms with van der Waals surface area (Å²) >= 11 is 6.12. The Morgan fingerprint density at radius 3 is 2.19 bits per heavy atom. The Bertz CT molecular complexity index is 1680. The number of hydrogen-bond acceptors (Lipinski definition) is 6. The van der Waals surface area contributed by atoms with Crippen LogP contribution in [0.3, 0.4) is 0 Å². The van der Waals surface area contributed by atoms with Crippen molar-refractivity contribution in [2.45, 2.75) is 6.54 Å². The highest BCUT2D eigenvalue weighted by molar-refractivity contribution is 6.30. The third kappa shape index (κ3) is 6.72. The van der Waals surface area contributed by atoms with Crippen LogP contribution in [0.2, 0.25) is 5.02 Å². The molecule has 0 atom stereocenters. The fourth-order valence-electron chi connectivity index (χ4n) is 5.43. The van der Waals surface area contributed by atoms with E-state index in [1.54, 1.807) is 18.5 Å². The third-order valence-electron chi connectivity index (χ3n) is 7.77. The summed E-state index contributed by atoms with van der Waals surface area (Å²) in [7, 11) is 1.38. The molecule has 6 rings (SSSR count). The van der Waals surface area contributed by atoms with E-state index in [-0.39, 0.29) is 0 Å². The second-order valence-corrected chi connectivity index (χ2v) is 10.9. The first-order chi connectivity index (χ1) is 21.1. The number of pyridine rings is 1. The largest absolute Gasteiger partial charge is 0.465 e. The van der Waals surface area contributed by atoms with Crippen LogP contribution in [0.1, 0.15) is 15.9 Å². The monoisotopic (exact) mass is 589 g/mol. The Kier molecular flexibility index (Phi) is 8.68. The molecule has 1 aliphatic rings. The van der Waals surface area contributed by atoms with E-state index >= 15 is 0 Å². The minimum atomic E-state index is -0.431. The Labute approximate surface area is 257 Å². The minimum Gasteiger partial charge on any atom is -0.465 e. The molecule has 4 aromatic carbocycles. The van der Waals surface area contributed by atoms with Gasteiger partial charge in [0.15, 0.2) is 0 Å². The number of nitrogens with zero attached hydrogens (tertiary/aromatic N) is 3. The van der Waals surface area contributed by atoms with Gasteiger partial charge in [0.2, 0.25) is 0 Å².